The van der Waals surface area contributed by atoms with Crippen molar-refractivity contribution < 1.29 is 5.11 Å². The van der Waals surface area contributed by atoms with Gasteiger partial charge in [-0.2, -0.15) is 0 Å². The molecule has 18 heavy (non-hydrogen) atoms. The maximum absolute atomic E-state index is 9.49. The molecule has 0 radical (unpaired) electrons. The van der Waals surface area contributed by atoms with Crippen molar-refractivity contribution in [3.8, 4) is 0 Å². The van der Waals surface area contributed by atoms with E-state index in [2.05, 4.69) is 45.0 Å². The Labute approximate surface area is 114 Å². The van der Waals surface area contributed by atoms with E-state index in [9.17, 15) is 5.11 Å². The minimum Gasteiger partial charge on any atom is -0.394 e. The van der Waals surface area contributed by atoms with Crippen LogP contribution in [-0.4, -0.2) is 48.3 Å². The lowest BCUT2D eigenvalue weighted by molar-refractivity contribution is 0.152. The van der Waals surface area contributed by atoms with Crippen molar-refractivity contribution in [3.05, 3.63) is 0 Å². The van der Waals surface area contributed by atoms with E-state index in [0.717, 1.165) is 6.42 Å². The molecule has 2 N–H and O–H groups in total. The average Bonchev–Trinajstić information content (AvgIpc) is 2.31. The predicted molar refractivity (Wildman–Crippen MR) is 80.0 cm³/mol. The van der Waals surface area contributed by atoms with Gasteiger partial charge >= 0.3 is 0 Å². The highest BCUT2D eigenvalue weighted by Gasteiger charge is 2.22. The Kier molecular flexibility index (Phi) is 9.70. The van der Waals surface area contributed by atoms with Crippen molar-refractivity contribution in [2.75, 3.05) is 26.7 Å². The fourth-order valence-electron chi connectivity index (χ4n) is 2.33. The van der Waals surface area contributed by atoms with Crippen LogP contribution in [0.3, 0.4) is 0 Å². The summed E-state index contributed by atoms with van der Waals surface area (Å²) in [4.78, 5) is 2.41. The highest BCUT2D eigenvalue weighted by atomic mass is 16.3. The molecular weight excluding hydrogens is 224 g/mol. The third kappa shape index (κ3) is 8.90. The molecule has 1 atom stereocenters. The Morgan fingerprint density at radius 2 is 1.78 bits per heavy atom. The fourth-order valence-corrected chi connectivity index (χ4v) is 2.33. The minimum atomic E-state index is -0.115. The summed E-state index contributed by atoms with van der Waals surface area (Å²) in [6.45, 7) is 11.2. The molecule has 0 aliphatic rings. The number of nitrogens with one attached hydrogen (secondary N) is 1. The van der Waals surface area contributed by atoms with Gasteiger partial charge in [0.25, 0.3) is 0 Å². The van der Waals surface area contributed by atoms with E-state index in [1.54, 1.807) is 0 Å². The first kappa shape index (κ1) is 17.9. The number of hydrogen-bond donors (Lipinski definition) is 2. The summed E-state index contributed by atoms with van der Waals surface area (Å²) in [5, 5.41) is 13.0. The number of aliphatic hydroxyl groups is 1. The van der Waals surface area contributed by atoms with Gasteiger partial charge in [-0.25, -0.2) is 0 Å². The maximum atomic E-state index is 9.49. The summed E-state index contributed by atoms with van der Waals surface area (Å²) >= 11 is 0. The number of nitrogens with zero attached hydrogens (tertiary/aromatic N) is 1. The van der Waals surface area contributed by atoms with Crippen molar-refractivity contribution in [2.45, 2.75) is 71.4 Å². The molecule has 0 heterocycles. The fraction of sp³-hybridized carbons (Fsp3) is 1.00. The zero-order valence-electron chi connectivity index (χ0n) is 13.1. The highest BCUT2D eigenvalue weighted by molar-refractivity contribution is 4.83. The van der Waals surface area contributed by atoms with Crippen LogP contribution in [-0.2, 0) is 0 Å². The topological polar surface area (TPSA) is 35.5 Å². The summed E-state index contributed by atoms with van der Waals surface area (Å²) in [7, 11) is 2.20. The molecule has 3 nitrogen and oxygen atoms in total. The lowest BCUT2D eigenvalue weighted by atomic mass is 9.94. The molecule has 0 aliphatic heterocycles. The second-order valence-electron chi connectivity index (χ2n) is 6.13. The number of rotatable bonds is 11. The third-order valence-corrected chi connectivity index (χ3v) is 3.40. The maximum Gasteiger partial charge on any atom is 0.0610 e. The van der Waals surface area contributed by atoms with Crippen molar-refractivity contribution in [1.29, 1.82) is 0 Å². The van der Waals surface area contributed by atoms with E-state index in [-0.39, 0.29) is 12.1 Å². The quantitative estimate of drug-likeness (QED) is 0.559. The summed E-state index contributed by atoms with van der Waals surface area (Å²) in [6, 6.07) is 0.425. The van der Waals surface area contributed by atoms with Crippen molar-refractivity contribution in [1.82, 2.24) is 10.2 Å². The van der Waals surface area contributed by atoms with Crippen molar-refractivity contribution in [2.24, 2.45) is 0 Å². The van der Waals surface area contributed by atoms with E-state index in [1.165, 1.54) is 38.8 Å². The van der Waals surface area contributed by atoms with Crippen LogP contribution in [0, 0.1) is 0 Å². The SMILES string of the molecule is CCCCN(C)CCCCC(C)(CO)NC(C)C. The van der Waals surface area contributed by atoms with Crippen LogP contribution in [0.5, 0.6) is 0 Å². The van der Waals surface area contributed by atoms with Crippen LogP contribution in [0.15, 0.2) is 0 Å². The largest absolute Gasteiger partial charge is 0.394 e. The monoisotopic (exact) mass is 258 g/mol. The smallest absolute Gasteiger partial charge is 0.0610 e. The first-order valence-corrected chi connectivity index (χ1v) is 7.50. The molecule has 0 aromatic rings. The normalized spacial score (nSPS) is 15.3. The molecule has 0 saturated heterocycles. The van der Waals surface area contributed by atoms with Gasteiger partial charge in [0, 0.05) is 11.6 Å². The van der Waals surface area contributed by atoms with Crippen molar-refractivity contribution in [3.63, 3.8) is 0 Å². The second-order valence-corrected chi connectivity index (χ2v) is 6.13. The van der Waals surface area contributed by atoms with Crippen LogP contribution in [0.2, 0.25) is 0 Å². The summed E-state index contributed by atoms with van der Waals surface area (Å²) < 4.78 is 0. The highest BCUT2D eigenvalue weighted by Crippen LogP contribution is 2.14. The predicted octanol–water partition coefficient (Wildman–Crippen LogP) is 2.64. The van der Waals surface area contributed by atoms with Gasteiger partial charge < -0.3 is 15.3 Å². The van der Waals surface area contributed by atoms with Crippen molar-refractivity contribution >= 4 is 0 Å². The molecule has 0 aromatic heterocycles. The van der Waals surface area contributed by atoms with Gasteiger partial charge in [0.1, 0.15) is 0 Å². The Balaban J connectivity index is 3.73. The number of aliphatic hydroxyl groups excluding tert-OH is 1. The standard InChI is InChI=1S/C15H34N2O/c1-6-7-11-17(5)12-9-8-10-15(4,13-18)16-14(2)3/h14,16,18H,6-13H2,1-5H3. The second kappa shape index (κ2) is 9.76. The third-order valence-electron chi connectivity index (χ3n) is 3.40. The molecule has 0 fully saturated rings. The molecule has 0 aromatic carbocycles. The van der Waals surface area contributed by atoms with Crippen LogP contribution in [0.1, 0.15) is 59.8 Å². The zero-order chi connectivity index (χ0) is 14.0. The first-order valence-electron chi connectivity index (χ1n) is 7.50. The zero-order valence-corrected chi connectivity index (χ0v) is 13.1. The van der Waals surface area contributed by atoms with Crippen LogP contribution in [0.4, 0.5) is 0 Å². The van der Waals surface area contributed by atoms with E-state index in [0.29, 0.717) is 6.04 Å². The lowest BCUT2D eigenvalue weighted by Gasteiger charge is -2.31. The Hall–Kier alpha value is -0.120. The van der Waals surface area contributed by atoms with E-state index < -0.39 is 0 Å². The molecule has 3 heteroatoms. The van der Waals surface area contributed by atoms with E-state index in [4.69, 9.17) is 0 Å². The average molecular weight is 258 g/mol. The molecule has 1 unspecified atom stereocenters. The Morgan fingerprint density at radius 1 is 1.17 bits per heavy atom. The lowest BCUT2D eigenvalue weighted by Crippen LogP contribution is -2.49. The Bertz CT molecular complexity index is 197. The van der Waals surface area contributed by atoms with Gasteiger partial charge in [-0.1, -0.05) is 33.6 Å². The summed E-state index contributed by atoms with van der Waals surface area (Å²) in [5.74, 6) is 0. The van der Waals surface area contributed by atoms with Gasteiger partial charge in [0.05, 0.1) is 6.61 Å². The molecule has 0 amide bonds. The van der Waals surface area contributed by atoms with Crippen LogP contribution < -0.4 is 5.32 Å². The molecule has 0 spiro atoms. The molecule has 0 saturated carbocycles. The van der Waals surface area contributed by atoms with Gasteiger partial charge in [-0.05, 0) is 46.3 Å². The van der Waals surface area contributed by atoms with Crippen LogP contribution in [0.25, 0.3) is 0 Å². The number of hydrogen-bond acceptors (Lipinski definition) is 3. The van der Waals surface area contributed by atoms with Gasteiger partial charge in [-0.15, -0.1) is 0 Å². The molecule has 110 valence electrons. The summed E-state index contributed by atoms with van der Waals surface area (Å²) in [6.07, 6.45) is 6.00. The van der Waals surface area contributed by atoms with Crippen LogP contribution >= 0.6 is 0 Å². The molecular formula is C15H34N2O. The Morgan fingerprint density at radius 3 is 2.28 bits per heavy atom. The molecule has 0 rings (SSSR count). The van der Waals surface area contributed by atoms with Gasteiger partial charge in [-0.3, -0.25) is 0 Å². The van der Waals surface area contributed by atoms with Gasteiger partial charge in [0.2, 0.25) is 0 Å². The van der Waals surface area contributed by atoms with E-state index in [1.807, 2.05) is 0 Å². The molecule has 0 aliphatic carbocycles. The molecule has 0 bridgehead atoms. The first-order chi connectivity index (χ1) is 8.43. The minimum absolute atomic E-state index is 0.115. The van der Waals surface area contributed by atoms with Gasteiger partial charge in [0.15, 0.2) is 0 Å². The number of unbranched alkanes of at least 4 members (excludes halogenated alkanes) is 2. The summed E-state index contributed by atoms with van der Waals surface area (Å²) in [5.41, 5.74) is -0.115. The van der Waals surface area contributed by atoms with E-state index >= 15 is 0 Å².